The monoisotopic (exact) mass is 373 g/mol. The Balaban J connectivity index is 1.85. The number of aryl methyl sites for hydroxylation is 2. The highest BCUT2D eigenvalue weighted by molar-refractivity contribution is 7.89. The van der Waals surface area contributed by atoms with E-state index < -0.39 is 10.0 Å². The molecule has 140 valence electrons. The van der Waals surface area contributed by atoms with Crippen LogP contribution in [0.3, 0.4) is 0 Å². The molecule has 0 bridgehead atoms. The average Bonchev–Trinajstić information content (AvgIpc) is 3.08. The number of sulfonamides is 1. The maximum Gasteiger partial charge on any atom is 0.241 e. The van der Waals surface area contributed by atoms with Gasteiger partial charge in [0, 0.05) is 6.04 Å². The lowest BCUT2D eigenvalue weighted by atomic mass is 10.0. The first-order chi connectivity index (χ1) is 12.3. The van der Waals surface area contributed by atoms with Crippen molar-refractivity contribution in [2.45, 2.75) is 56.9 Å². The third-order valence-electron chi connectivity index (χ3n) is 5.09. The molecule has 0 heterocycles. The second-order valence-corrected chi connectivity index (χ2v) is 9.00. The molecule has 0 saturated carbocycles. The number of nitrogens with one attached hydrogen (secondary N) is 1. The standard InChI is InChI=1S/C21H27NO3S/c1-14(2)20-13-19(10-11-21(20)25-4)26(23,24)22-15(3)17-9-8-16-6-5-7-18(16)12-17/h8-15,22H,5-7H2,1-4H3/t15-/m0/s1. The Kier molecular flexibility index (Phi) is 5.39. The normalized spacial score (nSPS) is 15.1. The third-order valence-corrected chi connectivity index (χ3v) is 6.63. The van der Waals surface area contributed by atoms with Crippen LogP contribution in [0.2, 0.25) is 0 Å². The number of methoxy groups -OCH3 is 1. The van der Waals surface area contributed by atoms with Gasteiger partial charge in [-0.1, -0.05) is 32.0 Å². The Bertz CT molecular complexity index is 903. The quantitative estimate of drug-likeness (QED) is 0.819. The molecule has 0 fully saturated rings. The van der Waals surface area contributed by atoms with Crippen LogP contribution in [0.25, 0.3) is 0 Å². The Hall–Kier alpha value is -1.85. The van der Waals surface area contributed by atoms with Crippen LogP contribution in [0.1, 0.15) is 61.4 Å². The molecule has 0 spiro atoms. The number of hydrogen-bond donors (Lipinski definition) is 1. The van der Waals surface area contributed by atoms with Crippen molar-refractivity contribution in [3.8, 4) is 5.75 Å². The lowest BCUT2D eigenvalue weighted by molar-refractivity contribution is 0.407. The van der Waals surface area contributed by atoms with E-state index in [1.54, 1.807) is 25.3 Å². The molecule has 1 aliphatic rings. The van der Waals surface area contributed by atoms with E-state index in [9.17, 15) is 8.42 Å². The molecule has 0 radical (unpaired) electrons. The van der Waals surface area contributed by atoms with Crippen molar-refractivity contribution in [1.29, 1.82) is 0 Å². The summed E-state index contributed by atoms with van der Waals surface area (Å²) in [6.45, 7) is 5.94. The molecule has 0 amide bonds. The van der Waals surface area contributed by atoms with Crippen LogP contribution in [-0.2, 0) is 22.9 Å². The second kappa shape index (κ2) is 7.41. The molecule has 1 N–H and O–H groups in total. The van der Waals surface area contributed by atoms with Crippen molar-refractivity contribution in [3.05, 3.63) is 58.7 Å². The zero-order valence-electron chi connectivity index (χ0n) is 15.9. The average molecular weight is 374 g/mol. The topological polar surface area (TPSA) is 55.4 Å². The first-order valence-electron chi connectivity index (χ1n) is 9.14. The number of rotatable bonds is 6. The molecule has 1 atom stereocenters. The molecule has 4 nitrogen and oxygen atoms in total. The Morgan fingerprint density at radius 1 is 1.00 bits per heavy atom. The van der Waals surface area contributed by atoms with Gasteiger partial charge in [0.1, 0.15) is 5.75 Å². The zero-order valence-corrected chi connectivity index (χ0v) is 16.7. The lowest BCUT2D eigenvalue weighted by Crippen LogP contribution is -2.27. The predicted octanol–water partition coefficient (Wildman–Crippen LogP) is 4.35. The van der Waals surface area contributed by atoms with Gasteiger partial charge in [-0.2, -0.15) is 0 Å². The van der Waals surface area contributed by atoms with Crippen molar-refractivity contribution in [3.63, 3.8) is 0 Å². The Morgan fingerprint density at radius 2 is 1.73 bits per heavy atom. The molecule has 3 rings (SSSR count). The molecule has 2 aromatic rings. The minimum atomic E-state index is -3.61. The molecule has 0 aliphatic heterocycles. The van der Waals surface area contributed by atoms with E-state index >= 15 is 0 Å². The fraction of sp³-hybridized carbons (Fsp3) is 0.429. The highest BCUT2D eigenvalue weighted by Crippen LogP contribution is 2.30. The minimum Gasteiger partial charge on any atom is -0.496 e. The molecule has 1 aliphatic carbocycles. The summed E-state index contributed by atoms with van der Waals surface area (Å²) in [6.07, 6.45) is 3.39. The minimum absolute atomic E-state index is 0.175. The fourth-order valence-electron chi connectivity index (χ4n) is 3.56. The number of ether oxygens (including phenoxy) is 1. The summed E-state index contributed by atoms with van der Waals surface area (Å²) >= 11 is 0. The zero-order chi connectivity index (χ0) is 18.9. The van der Waals surface area contributed by atoms with Crippen molar-refractivity contribution in [2.24, 2.45) is 0 Å². The van der Waals surface area contributed by atoms with E-state index in [4.69, 9.17) is 4.74 Å². The van der Waals surface area contributed by atoms with Gasteiger partial charge in [-0.3, -0.25) is 0 Å². The summed E-state index contributed by atoms with van der Waals surface area (Å²) in [7, 11) is -2.01. The van der Waals surface area contributed by atoms with Gasteiger partial charge in [-0.15, -0.1) is 0 Å². The van der Waals surface area contributed by atoms with Gasteiger partial charge < -0.3 is 4.74 Å². The number of hydrogen-bond acceptors (Lipinski definition) is 3. The smallest absolute Gasteiger partial charge is 0.241 e. The summed E-state index contributed by atoms with van der Waals surface area (Å²) in [6, 6.07) is 11.1. The van der Waals surface area contributed by atoms with Crippen molar-refractivity contribution in [2.75, 3.05) is 7.11 Å². The second-order valence-electron chi connectivity index (χ2n) is 7.28. The van der Waals surface area contributed by atoms with Crippen LogP contribution >= 0.6 is 0 Å². The fourth-order valence-corrected chi connectivity index (χ4v) is 4.83. The highest BCUT2D eigenvalue weighted by Gasteiger charge is 2.22. The molecule has 0 unspecified atom stereocenters. The lowest BCUT2D eigenvalue weighted by Gasteiger charge is -2.18. The van der Waals surface area contributed by atoms with Crippen molar-refractivity contribution in [1.82, 2.24) is 4.72 Å². The summed E-state index contributed by atoms with van der Waals surface area (Å²) < 4.78 is 33.9. The first kappa shape index (κ1) is 18.9. The van der Waals surface area contributed by atoms with Crippen molar-refractivity contribution >= 4 is 10.0 Å². The van der Waals surface area contributed by atoms with Gasteiger partial charge in [0.25, 0.3) is 0 Å². The van der Waals surface area contributed by atoms with Crippen LogP contribution in [0.15, 0.2) is 41.3 Å². The van der Waals surface area contributed by atoms with E-state index in [1.807, 2.05) is 26.8 Å². The summed E-state index contributed by atoms with van der Waals surface area (Å²) in [5.74, 6) is 0.889. The predicted molar refractivity (Wildman–Crippen MR) is 104 cm³/mol. The van der Waals surface area contributed by atoms with Gasteiger partial charge >= 0.3 is 0 Å². The molecule has 5 heteroatoms. The maximum absolute atomic E-state index is 12.9. The highest BCUT2D eigenvalue weighted by atomic mass is 32.2. The molecular formula is C21H27NO3S. The third kappa shape index (κ3) is 3.79. The van der Waals surface area contributed by atoms with E-state index in [0.717, 1.165) is 24.0 Å². The Labute approximate surface area is 156 Å². The van der Waals surface area contributed by atoms with Crippen LogP contribution in [-0.4, -0.2) is 15.5 Å². The van der Waals surface area contributed by atoms with Gasteiger partial charge in [-0.05, 0) is 72.6 Å². The van der Waals surface area contributed by atoms with Crippen LogP contribution < -0.4 is 9.46 Å². The molecular weight excluding hydrogens is 346 g/mol. The largest absolute Gasteiger partial charge is 0.496 e. The molecule has 2 aromatic carbocycles. The van der Waals surface area contributed by atoms with Gasteiger partial charge in [0.15, 0.2) is 0 Å². The van der Waals surface area contributed by atoms with Gasteiger partial charge in [0.2, 0.25) is 10.0 Å². The summed E-state index contributed by atoms with van der Waals surface area (Å²) in [4.78, 5) is 0.273. The summed E-state index contributed by atoms with van der Waals surface area (Å²) in [5.41, 5.74) is 4.63. The van der Waals surface area contributed by atoms with E-state index in [1.165, 1.54) is 17.5 Å². The van der Waals surface area contributed by atoms with Crippen LogP contribution in [0.4, 0.5) is 0 Å². The Morgan fingerprint density at radius 3 is 2.42 bits per heavy atom. The maximum atomic E-state index is 12.9. The molecule has 0 aromatic heterocycles. The number of fused-ring (bicyclic) bond motifs is 1. The SMILES string of the molecule is COc1ccc(S(=O)(=O)N[C@@H](C)c2ccc3c(c2)CCC3)cc1C(C)C. The van der Waals surface area contributed by atoms with E-state index in [2.05, 4.69) is 16.9 Å². The van der Waals surface area contributed by atoms with E-state index in [0.29, 0.717) is 5.75 Å². The van der Waals surface area contributed by atoms with E-state index in [-0.39, 0.29) is 16.9 Å². The van der Waals surface area contributed by atoms with Crippen molar-refractivity contribution < 1.29 is 13.2 Å². The number of benzene rings is 2. The van der Waals surface area contributed by atoms with Gasteiger partial charge in [0.05, 0.1) is 12.0 Å². The summed E-state index contributed by atoms with van der Waals surface area (Å²) in [5, 5.41) is 0. The van der Waals surface area contributed by atoms with Gasteiger partial charge in [-0.25, -0.2) is 13.1 Å². The first-order valence-corrected chi connectivity index (χ1v) is 10.6. The van der Waals surface area contributed by atoms with Crippen LogP contribution in [0, 0.1) is 0 Å². The van der Waals surface area contributed by atoms with Crippen LogP contribution in [0.5, 0.6) is 5.75 Å². The molecule has 26 heavy (non-hydrogen) atoms. The molecule has 0 saturated heterocycles.